The molecule has 1 fully saturated rings. The van der Waals surface area contributed by atoms with Crippen LogP contribution < -0.4 is 15.0 Å². The molecule has 2 aliphatic heterocycles. The van der Waals surface area contributed by atoms with Crippen LogP contribution in [-0.2, 0) is 16.0 Å². The lowest BCUT2D eigenvalue weighted by Crippen LogP contribution is -2.56. The van der Waals surface area contributed by atoms with E-state index in [2.05, 4.69) is 5.32 Å². The van der Waals surface area contributed by atoms with E-state index in [1.165, 1.54) is 23.8 Å². The van der Waals surface area contributed by atoms with Gasteiger partial charge in [-0.05, 0) is 37.5 Å². The van der Waals surface area contributed by atoms with Gasteiger partial charge in [0.15, 0.2) is 0 Å². The molecule has 8 nitrogen and oxygen atoms in total. The lowest BCUT2D eigenvalue weighted by molar-refractivity contribution is -0.118. The number of amides is 2. The molecule has 3 N–H and O–H groups in total. The SMILES string of the molecule is COc1cc2cc(c1Cl)N(C)C(=O)CC[C@H](O)SC[C@@H]1C[C@](O)(C/C=C/C=C(\C)C2)NC(=O)O1. The molecular weight excluding hydrogens is 480 g/mol. The van der Waals surface area contributed by atoms with E-state index in [-0.39, 0.29) is 31.6 Å². The second-order valence-electron chi connectivity index (χ2n) is 8.62. The van der Waals surface area contributed by atoms with Gasteiger partial charge in [-0.2, -0.15) is 0 Å². The van der Waals surface area contributed by atoms with Crippen molar-refractivity contribution in [2.75, 3.05) is 24.8 Å². The number of aliphatic hydroxyl groups is 2. The first kappa shape index (κ1) is 26.4. The van der Waals surface area contributed by atoms with Crippen LogP contribution in [0.4, 0.5) is 10.5 Å². The Hall–Kier alpha value is -2.20. The van der Waals surface area contributed by atoms with Gasteiger partial charge in [-0.3, -0.25) is 10.1 Å². The number of hydrogen-bond acceptors (Lipinski definition) is 7. The van der Waals surface area contributed by atoms with E-state index in [0.717, 1.165) is 11.1 Å². The molecule has 2 aliphatic rings. The number of alkyl carbamates (subject to hydrolysis) is 1. The molecule has 4 bridgehead atoms. The third-order valence-electron chi connectivity index (χ3n) is 5.74. The highest BCUT2D eigenvalue weighted by molar-refractivity contribution is 7.99. The zero-order valence-corrected chi connectivity index (χ0v) is 21.1. The summed E-state index contributed by atoms with van der Waals surface area (Å²) in [6.07, 6.45) is 5.63. The van der Waals surface area contributed by atoms with Crippen molar-refractivity contribution in [2.24, 2.45) is 0 Å². The monoisotopic (exact) mass is 510 g/mol. The maximum absolute atomic E-state index is 12.9. The molecule has 3 atom stereocenters. The number of hydrogen-bond donors (Lipinski definition) is 3. The minimum atomic E-state index is -1.43. The third-order valence-corrected chi connectivity index (χ3v) is 7.31. The van der Waals surface area contributed by atoms with E-state index in [4.69, 9.17) is 21.1 Å². The summed E-state index contributed by atoms with van der Waals surface area (Å²) in [4.78, 5) is 26.3. The van der Waals surface area contributed by atoms with Gasteiger partial charge < -0.3 is 24.6 Å². The fraction of sp³-hybridized carbons (Fsp3) is 0.500. The summed E-state index contributed by atoms with van der Waals surface area (Å²) in [5, 5.41) is 24.1. The molecule has 0 spiro atoms. The van der Waals surface area contributed by atoms with E-state index in [1.54, 1.807) is 13.1 Å². The number of allylic oxidation sites excluding steroid dienone is 3. The van der Waals surface area contributed by atoms with Crippen molar-refractivity contribution in [1.29, 1.82) is 0 Å². The smallest absolute Gasteiger partial charge is 0.409 e. The minimum absolute atomic E-state index is 0.104. The first-order chi connectivity index (χ1) is 16.1. The van der Waals surface area contributed by atoms with Gasteiger partial charge >= 0.3 is 6.09 Å². The van der Waals surface area contributed by atoms with Crippen molar-refractivity contribution in [3.63, 3.8) is 0 Å². The quantitative estimate of drug-likeness (QED) is 0.527. The van der Waals surface area contributed by atoms with Gasteiger partial charge in [0.05, 0.1) is 18.2 Å². The summed E-state index contributed by atoms with van der Waals surface area (Å²) < 4.78 is 10.7. The maximum Gasteiger partial charge on any atom is 0.409 e. The first-order valence-electron chi connectivity index (χ1n) is 11.1. The number of carbonyl (C=O) groups excluding carboxylic acids is 2. The Bertz CT molecular complexity index is 984. The first-order valence-corrected chi connectivity index (χ1v) is 12.5. The zero-order valence-electron chi connectivity index (χ0n) is 19.5. The number of nitrogens with one attached hydrogen (secondary N) is 1. The van der Waals surface area contributed by atoms with Crippen molar-refractivity contribution in [1.82, 2.24) is 5.32 Å². The standard InChI is InChI=1S/C24H31ClN2O6S/c1-15-6-4-5-9-24(31)13-17(33-23(30)26-24)14-34-21(29)8-7-20(28)27(2)18-11-16(10-15)12-19(32-3)22(18)25/h4-6,11-12,17,21,29,31H,7-10,13-14H2,1-3H3,(H,26,30)/b5-4+,15-6+/t17-,21+,24+/m0/s1. The molecular formula is C24H31ClN2O6S. The third kappa shape index (κ3) is 6.91. The molecule has 2 heterocycles. The number of anilines is 1. The number of thioether (sulfide) groups is 1. The Morgan fingerprint density at radius 2 is 2.12 bits per heavy atom. The number of nitrogens with zero attached hydrogens (tertiary/aromatic N) is 1. The Balaban J connectivity index is 1.90. The molecule has 0 radical (unpaired) electrons. The highest BCUT2D eigenvalue weighted by Gasteiger charge is 2.38. The molecule has 0 saturated carbocycles. The molecule has 2 amide bonds. The van der Waals surface area contributed by atoms with Crippen LogP contribution in [0.5, 0.6) is 5.75 Å². The molecule has 1 aromatic carbocycles. The predicted octanol–water partition coefficient (Wildman–Crippen LogP) is 3.78. The van der Waals surface area contributed by atoms with Crippen molar-refractivity contribution < 1.29 is 29.3 Å². The normalized spacial score (nSPS) is 29.5. The van der Waals surface area contributed by atoms with Gasteiger partial charge in [-0.1, -0.05) is 35.4 Å². The number of rotatable bonds is 1. The van der Waals surface area contributed by atoms with E-state index >= 15 is 0 Å². The average Bonchev–Trinajstić information content (AvgIpc) is 2.78. The van der Waals surface area contributed by atoms with Crippen LogP contribution >= 0.6 is 23.4 Å². The number of halogens is 1. The van der Waals surface area contributed by atoms with Crippen LogP contribution in [0.2, 0.25) is 5.02 Å². The van der Waals surface area contributed by atoms with Crippen molar-refractivity contribution >= 4 is 41.1 Å². The number of benzene rings is 1. The van der Waals surface area contributed by atoms with Gasteiger partial charge in [-0.25, -0.2) is 4.79 Å². The molecule has 0 aromatic heterocycles. The van der Waals surface area contributed by atoms with Gasteiger partial charge in [0.1, 0.15) is 22.6 Å². The summed E-state index contributed by atoms with van der Waals surface area (Å²) in [5.41, 5.74) is 0.246. The van der Waals surface area contributed by atoms with Crippen molar-refractivity contribution in [2.45, 2.75) is 56.3 Å². The lowest BCUT2D eigenvalue weighted by Gasteiger charge is -2.36. The number of aliphatic hydroxyl groups excluding tert-OH is 1. The van der Waals surface area contributed by atoms with Crippen LogP contribution in [0, 0.1) is 0 Å². The summed E-state index contributed by atoms with van der Waals surface area (Å²) in [5.74, 6) is 0.578. The zero-order chi connectivity index (χ0) is 24.9. The molecule has 10 heteroatoms. The summed E-state index contributed by atoms with van der Waals surface area (Å²) in [7, 11) is 3.18. The second-order valence-corrected chi connectivity index (χ2v) is 10.2. The Labute approximate surface area is 208 Å². The van der Waals surface area contributed by atoms with Crippen LogP contribution in [0.15, 0.2) is 35.9 Å². The minimum Gasteiger partial charge on any atom is -0.495 e. The highest BCUT2D eigenvalue weighted by atomic mass is 35.5. The molecule has 34 heavy (non-hydrogen) atoms. The van der Waals surface area contributed by atoms with Crippen LogP contribution in [0.25, 0.3) is 0 Å². The van der Waals surface area contributed by atoms with E-state index in [0.29, 0.717) is 28.6 Å². The number of carbonyl (C=O) groups is 2. The summed E-state index contributed by atoms with van der Waals surface area (Å²) >= 11 is 7.68. The fourth-order valence-corrected chi connectivity index (χ4v) is 5.15. The maximum atomic E-state index is 12.9. The lowest BCUT2D eigenvalue weighted by atomic mass is 10.00. The topological polar surface area (TPSA) is 108 Å². The van der Waals surface area contributed by atoms with E-state index < -0.39 is 23.4 Å². The molecule has 0 unspecified atom stereocenters. The molecule has 1 saturated heterocycles. The van der Waals surface area contributed by atoms with Crippen LogP contribution in [0.1, 0.15) is 38.2 Å². The Morgan fingerprint density at radius 3 is 2.85 bits per heavy atom. The van der Waals surface area contributed by atoms with Gasteiger partial charge in [0, 0.05) is 32.1 Å². The Morgan fingerprint density at radius 1 is 1.35 bits per heavy atom. The average molecular weight is 511 g/mol. The fourth-order valence-electron chi connectivity index (χ4n) is 3.93. The summed E-state index contributed by atoms with van der Waals surface area (Å²) in [6.45, 7) is 1.97. The van der Waals surface area contributed by atoms with Gasteiger partial charge in [-0.15, -0.1) is 11.8 Å². The van der Waals surface area contributed by atoms with Gasteiger partial charge in [0.25, 0.3) is 0 Å². The van der Waals surface area contributed by atoms with Crippen molar-refractivity contribution in [3.05, 3.63) is 46.5 Å². The number of methoxy groups -OCH3 is 1. The van der Waals surface area contributed by atoms with Crippen LogP contribution in [0.3, 0.4) is 0 Å². The molecule has 186 valence electrons. The number of fused-ring (bicyclic) bond motifs is 4. The van der Waals surface area contributed by atoms with E-state index in [9.17, 15) is 19.8 Å². The largest absolute Gasteiger partial charge is 0.495 e. The van der Waals surface area contributed by atoms with Crippen LogP contribution in [-0.4, -0.2) is 59.4 Å². The van der Waals surface area contributed by atoms with E-state index in [1.807, 2.05) is 31.2 Å². The summed E-state index contributed by atoms with van der Waals surface area (Å²) in [6, 6.07) is 3.70. The van der Waals surface area contributed by atoms with Crippen molar-refractivity contribution in [3.8, 4) is 5.75 Å². The molecule has 0 aliphatic carbocycles. The predicted molar refractivity (Wildman–Crippen MR) is 133 cm³/mol. The highest BCUT2D eigenvalue weighted by Crippen LogP contribution is 2.37. The molecule has 3 rings (SSSR count). The molecule has 1 aromatic rings. The Kier molecular flexibility index (Phi) is 8.92. The second kappa shape index (κ2) is 11.5. The van der Waals surface area contributed by atoms with Gasteiger partial charge in [0.2, 0.25) is 5.91 Å². The number of ether oxygens (including phenoxy) is 2.